The van der Waals surface area contributed by atoms with Gasteiger partial charge in [0, 0.05) is 31.5 Å². The second kappa shape index (κ2) is 21.2. The van der Waals surface area contributed by atoms with Gasteiger partial charge in [0.05, 0.1) is 30.4 Å². The molecule has 3 N–H and O–H groups in total. The number of methoxy groups -OCH3 is 2. The van der Waals surface area contributed by atoms with Gasteiger partial charge in [-0.3, -0.25) is 9.59 Å². The molecule has 0 fully saturated rings. The molecule has 0 saturated heterocycles. The number of carbonyl (C=O) groups excluding carboxylic acids is 2. The van der Waals surface area contributed by atoms with Crippen molar-refractivity contribution in [3.05, 3.63) is 63.2 Å². The number of carbonyl (C=O) groups is 2. The summed E-state index contributed by atoms with van der Waals surface area (Å²) < 4.78 is 18.2. The lowest BCUT2D eigenvalue weighted by Gasteiger charge is -2.41. The van der Waals surface area contributed by atoms with Crippen molar-refractivity contribution in [2.45, 2.75) is 102 Å². The smallest absolute Gasteiger partial charge is 0.247 e. The topological polar surface area (TPSA) is 118 Å². The summed E-state index contributed by atoms with van der Waals surface area (Å²) in [5, 5.41) is 23.8. The quantitative estimate of drug-likeness (QED) is 0.102. The lowest BCUT2D eigenvalue weighted by molar-refractivity contribution is -0.138. The van der Waals surface area contributed by atoms with Crippen LogP contribution in [-0.4, -0.2) is 79.1 Å². The zero-order valence-electron chi connectivity index (χ0n) is 28.2. The first kappa shape index (κ1) is 38.6. The summed E-state index contributed by atoms with van der Waals surface area (Å²) in [5.41, 5.74) is 1.28. The molecule has 0 bridgehead atoms. The van der Waals surface area contributed by atoms with Crippen LogP contribution in [0.1, 0.15) is 83.1 Å². The lowest BCUT2D eigenvalue weighted by Crippen LogP contribution is -2.55. The van der Waals surface area contributed by atoms with Crippen molar-refractivity contribution < 1.29 is 34.0 Å². The molecule has 9 nitrogen and oxygen atoms in total. The maximum atomic E-state index is 14.0. The molecule has 3 atom stereocenters. The molecule has 2 aromatic rings. The van der Waals surface area contributed by atoms with Gasteiger partial charge in [-0.15, -0.1) is 0 Å². The van der Waals surface area contributed by atoms with Crippen LogP contribution in [0.25, 0.3) is 0 Å². The number of hydrogen-bond donors (Lipinski definition) is 3. The summed E-state index contributed by atoms with van der Waals surface area (Å²) in [5.74, 6) is 1.53. The normalized spacial score (nSPS) is 17.5. The number of hydrogen-bond acceptors (Lipinski definition) is 7. The van der Waals surface area contributed by atoms with Gasteiger partial charge < -0.3 is 34.6 Å². The number of nitrogens with one attached hydrogen (secondary N) is 1. The number of benzene rings is 2. The third kappa shape index (κ3) is 12.3. The Balaban J connectivity index is 1.84. The van der Waals surface area contributed by atoms with Gasteiger partial charge in [-0.1, -0.05) is 70.4 Å². The van der Waals surface area contributed by atoms with Gasteiger partial charge in [0.15, 0.2) is 0 Å². The third-order valence-electron chi connectivity index (χ3n) is 8.64. The Kier molecular flexibility index (Phi) is 17.4. The maximum Gasteiger partial charge on any atom is 0.247 e. The van der Waals surface area contributed by atoms with Crippen LogP contribution in [0.5, 0.6) is 17.2 Å². The van der Waals surface area contributed by atoms with Crippen LogP contribution >= 0.6 is 22.6 Å². The number of aliphatic hydroxyl groups excluding tert-OH is 2. The minimum absolute atomic E-state index is 0.0658. The highest BCUT2D eigenvalue weighted by molar-refractivity contribution is 14.1. The van der Waals surface area contributed by atoms with E-state index in [0.717, 1.165) is 28.4 Å². The number of rotatable bonds is 21. The Bertz CT molecular complexity index is 1290. The van der Waals surface area contributed by atoms with Gasteiger partial charge in [-0.2, -0.15) is 0 Å². The first-order chi connectivity index (χ1) is 22.8. The van der Waals surface area contributed by atoms with Crippen molar-refractivity contribution in [3.63, 3.8) is 0 Å². The summed E-state index contributed by atoms with van der Waals surface area (Å²) >= 11 is 2.17. The van der Waals surface area contributed by atoms with Crippen LogP contribution in [0.2, 0.25) is 0 Å². The second-order valence-corrected chi connectivity index (χ2v) is 13.2. The fourth-order valence-electron chi connectivity index (χ4n) is 5.99. The highest BCUT2D eigenvalue weighted by atomic mass is 127. The van der Waals surface area contributed by atoms with Crippen LogP contribution in [0, 0.1) is 3.57 Å². The van der Waals surface area contributed by atoms with Crippen molar-refractivity contribution in [3.8, 4) is 17.2 Å². The lowest BCUT2D eigenvalue weighted by atomic mass is 9.87. The Hall–Kier alpha value is -2.83. The molecule has 0 spiro atoms. The van der Waals surface area contributed by atoms with Crippen molar-refractivity contribution in [2.24, 2.45) is 0 Å². The summed E-state index contributed by atoms with van der Waals surface area (Å²) in [6.45, 7) is 2.43. The van der Waals surface area contributed by atoms with E-state index in [2.05, 4.69) is 34.8 Å². The largest absolute Gasteiger partial charge is 0.497 e. The summed E-state index contributed by atoms with van der Waals surface area (Å²) in [6, 6.07) is 12.3. The van der Waals surface area contributed by atoms with Crippen LogP contribution in [0.15, 0.2) is 54.1 Å². The van der Waals surface area contributed by atoms with Crippen molar-refractivity contribution >= 4 is 34.4 Å². The van der Waals surface area contributed by atoms with E-state index < -0.39 is 18.2 Å². The fraction of sp³-hybridized carbons (Fsp3) is 0.568. The Labute approximate surface area is 294 Å². The van der Waals surface area contributed by atoms with Crippen molar-refractivity contribution in [1.29, 1.82) is 0 Å². The first-order valence-electron chi connectivity index (χ1n) is 17.0. The Morgan fingerprint density at radius 2 is 1.66 bits per heavy atom. The molecule has 0 saturated carbocycles. The zero-order chi connectivity index (χ0) is 34.0. The number of aliphatic hydroxyl groups is 2. The predicted molar refractivity (Wildman–Crippen MR) is 193 cm³/mol. The molecule has 0 aromatic heterocycles. The van der Waals surface area contributed by atoms with E-state index in [1.54, 1.807) is 25.2 Å². The summed E-state index contributed by atoms with van der Waals surface area (Å²) in [6.07, 6.45) is 11.0. The number of unbranched alkanes of at least 4 members (excludes halogenated alkanes) is 8. The fourth-order valence-corrected chi connectivity index (χ4v) is 6.51. The van der Waals surface area contributed by atoms with E-state index in [4.69, 9.17) is 14.2 Å². The molecule has 2 amide bonds. The molecule has 1 aliphatic carbocycles. The van der Waals surface area contributed by atoms with E-state index >= 15 is 0 Å². The average Bonchev–Trinajstić information content (AvgIpc) is 3.08. The van der Waals surface area contributed by atoms with Crippen molar-refractivity contribution in [2.75, 3.05) is 33.9 Å². The molecule has 2 aromatic carbocycles. The van der Waals surface area contributed by atoms with Crippen LogP contribution < -0.4 is 19.5 Å². The molecule has 3 rings (SSSR count). The van der Waals surface area contributed by atoms with Crippen molar-refractivity contribution in [1.82, 2.24) is 10.2 Å². The molecule has 0 aliphatic heterocycles. The minimum Gasteiger partial charge on any atom is -0.497 e. The standard InChI is InChI=1S/C37H53IN2O7/c1-4-5-6-7-8-9-10-11-12-17-35(42)40(22-20-27-24-29(45-2)18-19-32(27)46-3)31-25-28(37(44)39-21-23-41)26-34(36(31)43)47-33-16-14-13-15-30(33)38/h13-16,18-19,24,26,31,34,36,41,43H,4-12,17,20-23,25H2,1-3H3,(H,39,44). The van der Waals surface area contributed by atoms with Crippen LogP contribution in [-0.2, 0) is 16.0 Å². The van der Waals surface area contributed by atoms with Crippen LogP contribution in [0.4, 0.5) is 0 Å². The highest BCUT2D eigenvalue weighted by Gasteiger charge is 2.40. The Morgan fingerprint density at radius 3 is 2.32 bits per heavy atom. The number of amides is 2. The van der Waals surface area contributed by atoms with E-state index in [9.17, 15) is 19.8 Å². The number of para-hydroxylation sites is 1. The van der Waals surface area contributed by atoms with Gasteiger partial charge >= 0.3 is 0 Å². The molecular formula is C37H53IN2O7. The Morgan fingerprint density at radius 1 is 0.957 bits per heavy atom. The SMILES string of the molecule is CCCCCCCCCCCC(=O)N(CCc1cc(OC)ccc1OC)C1CC(C(=O)NCCO)=CC(Oc2ccccc2I)C1O. The second-order valence-electron chi connectivity index (χ2n) is 12.0. The summed E-state index contributed by atoms with van der Waals surface area (Å²) in [4.78, 5) is 28.9. The minimum atomic E-state index is -1.08. The molecule has 47 heavy (non-hydrogen) atoms. The third-order valence-corrected chi connectivity index (χ3v) is 9.53. The molecule has 260 valence electrons. The summed E-state index contributed by atoms with van der Waals surface area (Å²) in [7, 11) is 3.21. The number of ether oxygens (including phenoxy) is 3. The van der Waals surface area contributed by atoms with Crippen LogP contribution in [0.3, 0.4) is 0 Å². The number of nitrogens with zero attached hydrogens (tertiary/aromatic N) is 1. The van der Waals surface area contributed by atoms with Gasteiger partial charge in [0.1, 0.15) is 29.5 Å². The average molecular weight is 765 g/mol. The van der Waals surface area contributed by atoms with E-state index in [1.165, 1.54) is 38.5 Å². The molecular weight excluding hydrogens is 711 g/mol. The molecule has 1 aliphatic rings. The maximum absolute atomic E-state index is 14.0. The van der Waals surface area contributed by atoms with Gasteiger partial charge in [-0.05, 0) is 77.4 Å². The number of halogens is 1. The van der Waals surface area contributed by atoms with Gasteiger partial charge in [0.25, 0.3) is 0 Å². The molecule has 0 heterocycles. The van der Waals surface area contributed by atoms with E-state index in [1.807, 2.05) is 42.5 Å². The van der Waals surface area contributed by atoms with Gasteiger partial charge in [0.2, 0.25) is 11.8 Å². The van der Waals surface area contributed by atoms with E-state index in [-0.39, 0.29) is 31.4 Å². The zero-order valence-corrected chi connectivity index (χ0v) is 30.4. The van der Waals surface area contributed by atoms with E-state index in [0.29, 0.717) is 42.2 Å². The predicted octanol–water partition coefficient (Wildman–Crippen LogP) is 6.22. The molecule has 10 heteroatoms. The van der Waals surface area contributed by atoms with Gasteiger partial charge in [-0.25, -0.2) is 0 Å². The highest BCUT2D eigenvalue weighted by Crippen LogP contribution is 2.31. The molecule has 3 unspecified atom stereocenters. The molecule has 0 radical (unpaired) electrons. The first-order valence-corrected chi connectivity index (χ1v) is 18.1. The monoisotopic (exact) mass is 764 g/mol.